The first-order chi connectivity index (χ1) is 23.5. The maximum absolute atomic E-state index is 12.8. The fourth-order valence-electron chi connectivity index (χ4n) is 5.73. The van der Waals surface area contributed by atoms with Gasteiger partial charge in [-0.25, -0.2) is 28.8 Å². The van der Waals surface area contributed by atoms with Crippen LogP contribution in [0.25, 0.3) is 0 Å². The standard InChI is InChI=1S/C30H24O19/c31-25(32)11-1-3-13(43-11)27(35)46-17-7-39-23-19(9-41-21(17)23)48-29(37)15-5-6-16(45-15)30(38)49-20-10-42-22-18(8-40-24(20)22)47-28(36)14-4-2-12(44-14)26(33)34/h1-6,17-24H,7-10H2,(H,31,32)(H,33,34)/t17-,18-,19-,20-,21?,22?,23?,24?/m0/s1. The van der Waals surface area contributed by atoms with Gasteiger partial charge in [-0.05, 0) is 36.4 Å². The Morgan fingerprint density at radius 3 is 0.878 bits per heavy atom. The Morgan fingerprint density at radius 1 is 0.429 bits per heavy atom. The summed E-state index contributed by atoms with van der Waals surface area (Å²) in [6, 6.07) is 6.96. The molecule has 0 radical (unpaired) electrons. The molecular formula is C30H24O19. The number of carboxylic acids is 2. The third-order valence-electron chi connectivity index (χ3n) is 8.00. The topological polar surface area (TPSA) is 256 Å². The van der Waals surface area contributed by atoms with E-state index in [-0.39, 0.29) is 49.5 Å². The number of fused-ring (bicyclic) bond motifs is 2. The molecule has 3 aromatic heterocycles. The van der Waals surface area contributed by atoms with Gasteiger partial charge >= 0.3 is 35.8 Å². The van der Waals surface area contributed by atoms with Gasteiger partial charge < -0.3 is 61.4 Å². The second kappa shape index (κ2) is 12.8. The highest BCUT2D eigenvalue weighted by Gasteiger charge is 2.53. The van der Waals surface area contributed by atoms with Crippen LogP contribution in [0.3, 0.4) is 0 Å². The molecule has 3 aromatic rings. The molecule has 2 N–H and O–H groups in total. The van der Waals surface area contributed by atoms with Gasteiger partial charge in [-0.15, -0.1) is 0 Å². The summed E-state index contributed by atoms with van der Waals surface area (Å²) in [5, 5.41) is 17.9. The van der Waals surface area contributed by atoms with Crippen molar-refractivity contribution in [2.75, 3.05) is 26.4 Å². The molecule has 19 nitrogen and oxygen atoms in total. The highest BCUT2D eigenvalue weighted by atomic mass is 16.7. The van der Waals surface area contributed by atoms with E-state index in [1.54, 1.807) is 0 Å². The highest BCUT2D eigenvalue weighted by molar-refractivity contribution is 5.92. The van der Waals surface area contributed by atoms with Gasteiger partial charge in [0, 0.05) is 0 Å². The molecule has 7 heterocycles. The normalized spacial score (nSPS) is 28.4. The van der Waals surface area contributed by atoms with Crippen LogP contribution in [0.1, 0.15) is 63.3 Å². The number of hydrogen-bond donors (Lipinski definition) is 2. The quantitative estimate of drug-likeness (QED) is 0.222. The zero-order valence-corrected chi connectivity index (χ0v) is 24.7. The molecule has 19 heteroatoms. The van der Waals surface area contributed by atoms with Crippen LogP contribution in [-0.2, 0) is 37.9 Å². The second-order valence-electron chi connectivity index (χ2n) is 11.1. The third-order valence-corrected chi connectivity index (χ3v) is 8.00. The Hall–Kier alpha value is -5.50. The largest absolute Gasteiger partial charge is 0.475 e. The van der Waals surface area contributed by atoms with Crippen molar-refractivity contribution in [1.29, 1.82) is 0 Å². The van der Waals surface area contributed by atoms with E-state index in [4.69, 9.17) is 61.4 Å². The summed E-state index contributed by atoms with van der Waals surface area (Å²) in [6.45, 7) is -0.370. The lowest BCUT2D eigenvalue weighted by atomic mass is 10.1. The summed E-state index contributed by atoms with van der Waals surface area (Å²) < 4.78 is 59.5. The smallest absolute Gasteiger partial charge is 0.374 e. The first kappa shape index (κ1) is 32.1. The molecule has 0 aromatic carbocycles. The van der Waals surface area contributed by atoms with E-state index in [9.17, 15) is 28.8 Å². The molecule has 4 fully saturated rings. The van der Waals surface area contributed by atoms with Crippen LogP contribution in [0, 0.1) is 0 Å². The number of rotatable bonds is 10. The molecule has 0 saturated carbocycles. The minimum Gasteiger partial charge on any atom is -0.475 e. The predicted molar refractivity (Wildman–Crippen MR) is 146 cm³/mol. The van der Waals surface area contributed by atoms with Gasteiger partial charge in [0.15, 0.2) is 24.4 Å². The number of aromatic carboxylic acids is 2. The zero-order chi connectivity index (χ0) is 34.4. The van der Waals surface area contributed by atoms with E-state index in [0.717, 1.165) is 24.3 Å². The van der Waals surface area contributed by atoms with Crippen molar-refractivity contribution in [3.8, 4) is 0 Å². The first-order valence-electron chi connectivity index (χ1n) is 14.6. The highest BCUT2D eigenvalue weighted by Crippen LogP contribution is 2.33. The van der Waals surface area contributed by atoms with Crippen LogP contribution in [-0.4, -0.2) is 121 Å². The lowest BCUT2D eigenvalue weighted by molar-refractivity contribution is -0.0316. The molecule has 0 amide bonds. The van der Waals surface area contributed by atoms with Crippen molar-refractivity contribution < 1.29 is 90.1 Å². The molecule has 0 spiro atoms. The molecule has 8 atom stereocenters. The minimum atomic E-state index is -1.35. The number of carboxylic acid groups (broad SMARTS) is 2. The molecule has 49 heavy (non-hydrogen) atoms. The van der Waals surface area contributed by atoms with E-state index in [0.29, 0.717) is 0 Å². The average Bonchev–Trinajstić information content (AvgIpc) is 3.92. The molecule has 0 aliphatic carbocycles. The molecule has 4 aliphatic rings. The van der Waals surface area contributed by atoms with Gasteiger partial charge in [0.25, 0.3) is 0 Å². The minimum absolute atomic E-state index is 0.0877. The van der Waals surface area contributed by atoms with Crippen LogP contribution in [0.4, 0.5) is 0 Å². The lowest BCUT2D eigenvalue weighted by Crippen LogP contribution is -2.36. The Labute approximate surface area is 272 Å². The molecule has 4 saturated heterocycles. The fraction of sp³-hybridized carbons (Fsp3) is 0.400. The number of furan rings is 3. The van der Waals surface area contributed by atoms with Crippen molar-refractivity contribution in [1.82, 2.24) is 0 Å². The van der Waals surface area contributed by atoms with Gasteiger partial charge in [-0.3, -0.25) is 0 Å². The Kier molecular flexibility index (Phi) is 8.40. The van der Waals surface area contributed by atoms with Crippen LogP contribution in [0.15, 0.2) is 49.6 Å². The Balaban J connectivity index is 0.888. The van der Waals surface area contributed by atoms with E-state index in [2.05, 4.69) is 0 Å². The van der Waals surface area contributed by atoms with Crippen LogP contribution in [0.2, 0.25) is 0 Å². The van der Waals surface area contributed by atoms with Gasteiger partial charge in [-0.1, -0.05) is 0 Å². The molecule has 7 rings (SSSR count). The maximum atomic E-state index is 12.8. The van der Waals surface area contributed by atoms with Crippen LogP contribution >= 0.6 is 0 Å². The van der Waals surface area contributed by atoms with E-state index >= 15 is 0 Å². The first-order valence-corrected chi connectivity index (χ1v) is 14.6. The van der Waals surface area contributed by atoms with Crippen LogP contribution < -0.4 is 0 Å². The third kappa shape index (κ3) is 6.26. The lowest BCUT2D eigenvalue weighted by Gasteiger charge is -2.17. The number of ether oxygens (including phenoxy) is 8. The average molecular weight is 689 g/mol. The molecule has 258 valence electrons. The predicted octanol–water partition coefficient (Wildman–Crippen LogP) is 0.959. The summed E-state index contributed by atoms with van der Waals surface area (Å²) in [5.41, 5.74) is 0. The van der Waals surface area contributed by atoms with Crippen molar-refractivity contribution >= 4 is 35.8 Å². The number of carbonyl (C=O) groups excluding carboxylic acids is 4. The van der Waals surface area contributed by atoms with Crippen molar-refractivity contribution in [3.05, 3.63) is 71.0 Å². The van der Waals surface area contributed by atoms with Gasteiger partial charge in [-0.2, -0.15) is 0 Å². The zero-order valence-electron chi connectivity index (χ0n) is 24.7. The number of esters is 4. The van der Waals surface area contributed by atoms with Gasteiger partial charge in [0.1, 0.15) is 24.4 Å². The summed E-state index contributed by atoms with van der Waals surface area (Å²) in [4.78, 5) is 72.5. The molecular weight excluding hydrogens is 664 g/mol. The summed E-state index contributed by atoms with van der Waals surface area (Å²) >= 11 is 0. The molecule has 0 bridgehead atoms. The van der Waals surface area contributed by atoms with E-state index in [1.165, 1.54) is 12.1 Å². The summed E-state index contributed by atoms with van der Waals surface area (Å²) in [6.07, 6.45) is -6.76. The number of hydrogen-bond acceptors (Lipinski definition) is 17. The summed E-state index contributed by atoms with van der Waals surface area (Å²) in [5.74, 6) is -8.57. The van der Waals surface area contributed by atoms with Gasteiger partial charge in [0.2, 0.25) is 34.6 Å². The Bertz CT molecular complexity index is 1670. The van der Waals surface area contributed by atoms with Crippen molar-refractivity contribution in [3.63, 3.8) is 0 Å². The summed E-state index contributed by atoms with van der Waals surface area (Å²) in [7, 11) is 0. The van der Waals surface area contributed by atoms with E-state index < -0.39 is 96.2 Å². The van der Waals surface area contributed by atoms with E-state index in [1.807, 2.05) is 0 Å². The second-order valence-corrected chi connectivity index (χ2v) is 11.1. The van der Waals surface area contributed by atoms with Crippen LogP contribution in [0.5, 0.6) is 0 Å². The fourth-order valence-corrected chi connectivity index (χ4v) is 5.73. The Morgan fingerprint density at radius 2 is 0.653 bits per heavy atom. The monoisotopic (exact) mass is 688 g/mol. The molecule has 4 unspecified atom stereocenters. The molecule has 4 aliphatic heterocycles. The van der Waals surface area contributed by atoms with Gasteiger partial charge in [0.05, 0.1) is 26.4 Å². The maximum Gasteiger partial charge on any atom is 0.374 e. The SMILES string of the molecule is O=C(O)c1ccc(C(=O)O[C@H]2COC3C2OC[C@@H]3OC(=O)c2ccc(C(=O)O[C@H]3COC4C3OC[C@@H]4OC(=O)c3ccc(C(=O)O)o3)o2)o1. The van der Waals surface area contributed by atoms with Crippen molar-refractivity contribution in [2.45, 2.75) is 48.8 Å². The van der Waals surface area contributed by atoms with Crippen molar-refractivity contribution in [2.24, 2.45) is 0 Å². The number of carbonyl (C=O) groups is 6.